The van der Waals surface area contributed by atoms with Gasteiger partial charge in [-0.15, -0.1) is 0 Å². The average Bonchev–Trinajstić information content (AvgIpc) is 3.18. The Labute approximate surface area is 396 Å². The van der Waals surface area contributed by atoms with Crippen molar-refractivity contribution in [3.05, 3.63) is 0 Å². The minimum atomic E-state index is -1.78. The first kappa shape index (κ1) is 62.1. The van der Waals surface area contributed by atoms with Crippen LogP contribution in [-0.2, 0) is 71.7 Å². The van der Waals surface area contributed by atoms with Gasteiger partial charge in [-0.1, -0.05) is 0 Å². The summed E-state index contributed by atoms with van der Waals surface area (Å²) in [6.45, 7) is 16.1. The van der Waals surface area contributed by atoms with E-state index in [1.54, 1.807) is 83.1 Å². The van der Waals surface area contributed by atoms with Gasteiger partial charge in [0.25, 0.3) is 0 Å². The zero-order valence-electron chi connectivity index (χ0n) is 41.3. The Bertz CT molecular complexity index is 1780. The number of hydrogen-bond donors (Lipinski definition) is 10. The van der Waals surface area contributed by atoms with Crippen molar-refractivity contribution < 1.29 is 81.9 Å². The number of rotatable bonds is 27. The van der Waals surface area contributed by atoms with Gasteiger partial charge >= 0.3 is 23.9 Å². The number of carbonyl (C=O) groups is 11. The van der Waals surface area contributed by atoms with Gasteiger partial charge < -0.3 is 72.1 Å². The van der Waals surface area contributed by atoms with Crippen LogP contribution in [-0.4, -0.2) is 161 Å². The SMILES string of the molecule is CC(C)(C)OC[C@H](NC(=O)[C@H](CCC(=O)OC(C)(C)C)NC(=O)[C@H](CCC(=O)OC(C)(C)C)NC(=O)[C@H](CCC(=O)OC(C)(C)C)NC(=O)CNC(=O)CNC(=O)CN)C(=O)N[C@@H](CO)C(=O)O. The molecule has 11 N–H and O–H groups in total. The molecule has 0 aliphatic rings. The molecule has 0 saturated carbocycles. The number of nitrogens with one attached hydrogen (secondary N) is 7. The van der Waals surface area contributed by atoms with Crippen molar-refractivity contribution >= 4 is 65.2 Å². The molecule has 5 atom stereocenters. The van der Waals surface area contributed by atoms with Crippen LogP contribution in [0.25, 0.3) is 0 Å². The molecule has 7 amide bonds. The van der Waals surface area contributed by atoms with Crippen LogP contribution in [0.2, 0.25) is 0 Å². The lowest BCUT2D eigenvalue weighted by atomic mass is 10.0. The Morgan fingerprint density at radius 3 is 1.12 bits per heavy atom. The number of aliphatic hydroxyl groups is 1. The van der Waals surface area contributed by atoms with E-state index in [1.807, 2.05) is 0 Å². The largest absolute Gasteiger partial charge is 0.480 e. The van der Waals surface area contributed by atoms with Gasteiger partial charge in [0.05, 0.1) is 38.4 Å². The number of ether oxygens (including phenoxy) is 4. The van der Waals surface area contributed by atoms with E-state index >= 15 is 0 Å². The summed E-state index contributed by atoms with van der Waals surface area (Å²) in [5, 5.41) is 35.1. The van der Waals surface area contributed by atoms with Gasteiger partial charge in [-0.2, -0.15) is 0 Å². The first-order valence-corrected chi connectivity index (χ1v) is 21.9. The monoisotopic (exact) mass is 975 g/mol. The van der Waals surface area contributed by atoms with Crippen LogP contribution in [0.4, 0.5) is 0 Å². The molecule has 0 fully saturated rings. The van der Waals surface area contributed by atoms with Crippen LogP contribution in [0.3, 0.4) is 0 Å². The van der Waals surface area contributed by atoms with Crippen molar-refractivity contribution in [2.24, 2.45) is 5.73 Å². The molecular weight excluding hydrogens is 901 g/mol. The second-order valence-electron chi connectivity index (χ2n) is 19.4. The van der Waals surface area contributed by atoms with E-state index in [-0.39, 0.29) is 0 Å². The quantitative estimate of drug-likeness (QED) is 0.0310. The second kappa shape index (κ2) is 28.4. The van der Waals surface area contributed by atoms with Crippen LogP contribution in [0, 0.1) is 0 Å². The first-order valence-electron chi connectivity index (χ1n) is 21.9. The van der Waals surface area contributed by atoms with E-state index in [4.69, 9.17) is 24.7 Å². The summed E-state index contributed by atoms with van der Waals surface area (Å²) in [7, 11) is 0. The molecular formula is C43H74N8O17. The number of esters is 3. The Hall–Kier alpha value is -5.95. The Kier molecular flexibility index (Phi) is 25.9. The summed E-state index contributed by atoms with van der Waals surface area (Å²) in [5.41, 5.74) is 1.47. The number of nitrogens with two attached hydrogens (primary N) is 1. The smallest absolute Gasteiger partial charge is 0.328 e. The number of carboxylic acid groups (broad SMARTS) is 1. The van der Waals surface area contributed by atoms with Crippen molar-refractivity contribution in [3.63, 3.8) is 0 Å². The van der Waals surface area contributed by atoms with Crippen LogP contribution < -0.4 is 43.0 Å². The number of carboxylic acids is 1. The molecule has 68 heavy (non-hydrogen) atoms. The topological polar surface area (TPSA) is 375 Å². The summed E-state index contributed by atoms with van der Waals surface area (Å²) in [4.78, 5) is 142. The van der Waals surface area contributed by atoms with Gasteiger partial charge in [-0.05, 0) is 102 Å². The Morgan fingerprint density at radius 2 is 0.779 bits per heavy atom. The van der Waals surface area contributed by atoms with E-state index in [2.05, 4.69) is 37.2 Å². The van der Waals surface area contributed by atoms with Crippen LogP contribution in [0.15, 0.2) is 0 Å². The van der Waals surface area contributed by atoms with Crippen molar-refractivity contribution in [1.29, 1.82) is 0 Å². The lowest BCUT2D eigenvalue weighted by Crippen LogP contribution is -2.60. The highest BCUT2D eigenvalue weighted by atomic mass is 16.6. The molecule has 0 aliphatic carbocycles. The molecule has 0 radical (unpaired) electrons. The molecule has 25 heteroatoms. The molecule has 388 valence electrons. The molecule has 0 unspecified atom stereocenters. The van der Waals surface area contributed by atoms with Crippen LogP contribution >= 0.6 is 0 Å². The molecule has 0 aliphatic heterocycles. The lowest BCUT2D eigenvalue weighted by Gasteiger charge is -2.28. The standard InChI is InChI=1S/C43H74N8O17/c1-40(2,3)65-23-28(38(62)50-27(22-52)39(63)64)51-37(61)26(15-18-34(58)68-43(10,11)12)49-36(60)25(14-17-33(57)67-42(7,8)9)48-35(59)24(13-16-32(56)66-41(4,5)6)47-31(55)21-46-30(54)20-45-29(53)19-44/h24-28,52H,13-23,44H2,1-12H3,(H,45,53)(H,46,54)(H,47,55)(H,48,59)(H,49,60)(H,50,62)(H,51,61)(H,63,64)/t24-,25-,26-,27-,28-/m0/s1. The van der Waals surface area contributed by atoms with Crippen LogP contribution in [0.5, 0.6) is 0 Å². The zero-order chi connectivity index (χ0) is 52.8. The third-order valence-corrected chi connectivity index (χ3v) is 8.28. The lowest BCUT2D eigenvalue weighted by molar-refractivity contribution is -0.156. The predicted molar refractivity (Wildman–Crippen MR) is 240 cm³/mol. The van der Waals surface area contributed by atoms with E-state index in [9.17, 15) is 63.0 Å². The van der Waals surface area contributed by atoms with E-state index in [1.165, 1.54) is 0 Å². The number of amides is 7. The molecule has 0 spiro atoms. The number of hydrogen-bond acceptors (Lipinski definition) is 17. The Morgan fingerprint density at radius 1 is 0.456 bits per heavy atom. The summed E-state index contributed by atoms with van der Waals surface area (Å²) < 4.78 is 21.8. The average molecular weight is 975 g/mol. The second-order valence-corrected chi connectivity index (χ2v) is 19.4. The fourth-order valence-corrected chi connectivity index (χ4v) is 5.30. The maximum absolute atomic E-state index is 14.3. The van der Waals surface area contributed by atoms with Gasteiger partial charge in [-0.3, -0.25) is 47.9 Å². The van der Waals surface area contributed by atoms with Crippen molar-refractivity contribution in [3.8, 4) is 0 Å². The highest BCUT2D eigenvalue weighted by Gasteiger charge is 2.35. The number of carbonyl (C=O) groups excluding carboxylic acids is 10. The fourth-order valence-electron chi connectivity index (χ4n) is 5.30. The Balaban J connectivity index is 7.05. The minimum Gasteiger partial charge on any atom is -0.480 e. The predicted octanol–water partition coefficient (Wildman–Crippen LogP) is -2.14. The zero-order valence-corrected chi connectivity index (χ0v) is 41.3. The molecule has 0 aromatic rings. The number of aliphatic hydroxyl groups excluding tert-OH is 1. The molecule has 0 rings (SSSR count). The van der Waals surface area contributed by atoms with Crippen molar-refractivity contribution in [2.45, 2.75) is 174 Å². The molecule has 0 aromatic carbocycles. The summed E-state index contributed by atoms with van der Waals surface area (Å²) in [6.07, 6.45) is -2.78. The van der Waals surface area contributed by atoms with Crippen LogP contribution in [0.1, 0.15) is 122 Å². The van der Waals surface area contributed by atoms with E-state index in [0.717, 1.165) is 0 Å². The highest BCUT2D eigenvalue weighted by molar-refractivity contribution is 5.97. The molecule has 0 aromatic heterocycles. The normalized spacial score (nSPS) is 14.0. The van der Waals surface area contributed by atoms with Crippen molar-refractivity contribution in [2.75, 3.05) is 32.8 Å². The maximum Gasteiger partial charge on any atom is 0.328 e. The maximum atomic E-state index is 14.3. The number of aliphatic carboxylic acids is 1. The third kappa shape index (κ3) is 29.6. The minimum absolute atomic E-state index is 0.395. The van der Waals surface area contributed by atoms with E-state index in [0.29, 0.717) is 0 Å². The van der Waals surface area contributed by atoms with Gasteiger partial charge in [0.15, 0.2) is 0 Å². The van der Waals surface area contributed by atoms with Crippen molar-refractivity contribution in [1.82, 2.24) is 37.2 Å². The fraction of sp³-hybridized carbons (Fsp3) is 0.744. The van der Waals surface area contributed by atoms with Gasteiger partial charge in [0.2, 0.25) is 41.4 Å². The molecule has 0 saturated heterocycles. The summed E-state index contributed by atoms with van der Waals surface area (Å²) >= 11 is 0. The molecule has 0 bridgehead atoms. The van der Waals surface area contributed by atoms with E-state index < -0.39 is 189 Å². The van der Waals surface area contributed by atoms with Gasteiger partial charge in [-0.25, -0.2) is 4.79 Å². The third-order valence-electron chi connectivity index (χ3n) is 8.28. The van der Waals surface area contributed by atoms with Gasteiger partial charge in [0.1, 0.15) is 47.0 Å². The summed E-state index contributed by atoms with van der Waals surface area (Å²) in [6, 6.07) is -8.41. The van der Waals surface area contributed by atoms with Gasteiger partial charge in [0, 0.05) is 19.3 Å². The highest BCUT2D eigenvalue weighted by Crippen LogP contribution is 2.15. The summed E-state index contributed by atoms with van der Waals surface area (Å²) in [5.74, 6) is -10.7. The molecule has 25 nitrogen and oxygen atoms in total. The molecule has 0 heterocycles. The first-order chi connectivity index (χ1) is 31.0.